The molecule has 0 radical (unpaired) electrons. The first-order valence-electron chi connectivity index (χ1n) is 8.32. The maximum atomic E-state index is 12.7. The molecule has 26 heavy (non-hydrogen) atoms. The summed E-state index contributed by atoms with van der Waals surface area (Å²) >= 11 is 0. The van der Waals surface area contributed by atoms with Crippen molar-refractivity contribution in [3.05, 3.63) is 108 Å². The topological polar surface area (TPSA) is 66.4 Å². The normalized spacial score (nSPS) is 10.9. The number of hydrogen-bond donors (Lipinski definition) is 2. The first kappa shape index (κ1) is 17.4. The lowest BCUT2D eigenvalue weighted by Crippen LogP contribution is -2.53. The van der Waals surface area contributed by atoms with Gasteiger partial charge < -0.3 is 10.4 Å². The number of nitrogens with one attached hydrogen (secondary N) is 1. The fourth-order valence-corrected chi connectivity index (χ4v) is 3.02. The summed E-state index contributed by atoms with van der Waals surface area (Å²) in [6.45, 7) is 0. The molecule has 4 nitrogen and oxygen atoms in total. The van der Waals surface area contributed by atoms with Gasteiger partial charge in [0.05, 0.1) is 6.42 Å². The molecule has 2 N–H and O–H groups in total. The first-order chi connectivity index (χ1) is 12.6. The molecule has 4 heteroatoms. The zero-order valence-electron chi connectivity index (χ0n) is 14.1. The molecule has 0 fully saturated rings. The number of aliphatic carboxylic acids is 1. The van der Waals surface area contributed by atoms with Crippen molar-refractivity contribution in [2.75, 3.05) is 0 Å². The molecule has 3 aromatic rings. The van der Waals surface area contributed by atoms with Gasteiger partial charge in [-0.2, -0.15) is 0 Å². The van der Waals surface area contributed by atoms with Gasteiger partial charge in [-0.05, 0) is 16.7 Å². The molecule has 0 aromatic heterocycles. The van der Waals surface area contributed by atoms with Crippen molar-refractivity contribution >= 4 is 11.9 Å². The molecule has 0 saturated carbocycles. The second-order valence-electron chi connectivity index (χ2n) is 6.00. The highest BCUT2D eigenvalue weighted by molar-refractivity contribution is 5.92. The Balaban J connectivity index is 2.03. The largest absolute Gasteiger partial charge is 0.479 e. The minimum Gasteiger partial charge on any atom is -0.479 e. The summed E-state index contributed by atoms with van der Waals surface area (Å²) in [4.78, 5) is 25.1. The SMILES string of the molecule is O=C(Cc1ccccc1)NC(C(=O)O)(c1ccccc1)c1ccccc1. The maximum absolute atomic E-state index is 12.7. The van der Waals surface area contributed by atoms with Crippen LogP contribution in [0.25, 0.3) is 0 Å². The van der Waals surface area contributed by atoms with E-state index in [2.05, 4.69) is 5.32 Å². The highest BCUT2D eigenvalue weighted by Gasteiger charge is 2.43. The molecule has 130 valence electrons. The summed E-state index contributed by atoms with van der Waals surface area (Å²) in [6, 6.07) is 26.8. The van der Waals surface area contributed by atoms with Crippen LogP contribution in [0.15, 0.2) is 91.0 Å². The van der Waals surface area contributed by atoms with Crippen molar-refractivity contribution in [2.24, 2.45) is 0 Å². The van der Waals surface area contributed by atoms with Crippen molar-refractivity contribution < 1.29 is 14.7 Å². The third-order valence-corrected chi connectivity index (χ3v) is 4.27. The third kappa shape index (κ3) is 3.49. The number of rotatable bonds is 6. The zero-order chi connectivity index (χ0) is 18.4. The van der Waals surface area contributed by atoms with Gasteiger partial charge in [0.2, 0.25) is 5.91 Å². The van der Waals surface area contributed by atoms with Crippen LogP contribution in [0.5, 0.6) is 0 Å². The number of carbonyl (C=O) groups is 2. The molecule has 0 aliphatic rings. The van der Waals surface area contributed by atoms with Crippen LogP contribution in [0.4, 0.5) is 0 Å². The maximum Gasteiger partial charge on any atom is 0.338 e. The lowest BCUT2D eigenvalue weighted by Gasteiger charge is -2.31. The second-order valence-corrected chi connectivity index (χ2v) is 6.00. The molecule has 0 saturated heterocycles. The molecule has 0 heterocycles. The number of benzene rings is 3. The van der Waals surface area contributed by atoms with Gasteiger partial charge in [-0.1, -0.05) is 91.0 Å². The Morgan fingerprint density at radius 2 is 1.15 bits per heavy atom. The Bertz CT molecular complexity index is 838. The fourth-order valence-electron chi connectivity index (χ4n) is 3.02. The van der Waals surface area contributed by atoms with E-state index in [1.54, 1.807) is 48.5 Å². The van der Waals surface area contributed by atoms with Crippen molar-refractivity contribution in [1.82, 2.24) is 5.32 Å². The average molecular weight is 345 g/mol. The van der Waals surface area contributed by atoms with Crippen LogP contribution in [-0.2, 0) is 21.5 Å². The Morgan fingerprint density at radius 3 is 1.58 bits per heavy atom. The van der Waals surface area contributed by atoms with E-state index in [0.29, 0.717) is 11.1 Å². The van der Waals surface area contributed by atoms with Gasteiger partial charge in [0.25, 0.3) is 0 Å². The molecule has 0 atom stereocenters. The van der Waals surface area contributed by atoms with E-state index in [0.717, 1.165) is 5.56 Å². The summed E-state index contributed by atoms with van der Waals surface area (Å²) < 4.78 is 0. The average Bonchev–Trinajstić information content (AvgIpc) is 2.68. The van der Waals surface area contributed by atoms with Crippen LogP contribution < -0.4 is 5.32 Å². The van der Waals surface area contributed by atoms with E-state index in [1.807, 2.05) is 42.5 Å². The standard InChI is InChI=1S/C22H19NO3/c24-20(16-17-10-4-1-5-11-17)23-22(21(25)26,18-12-6-2-7-13-18)19-14-8-3-9-15-19/h1-15H,16H2,(H,23,24)(H,25,26). The molecule has 3 aromatic carbocycles. The van der Waals surface area contributed by atoms with E-state index in [1.165, 1.54) is 0 Å². The predicted octanol–water partition coefficient (Wildman–Crippen LogP) is 3.37. The van der Waals surface area contributed by atoms with Crippen LogP contribution in [0.2, 0.25) is 0 Å². The smallest absolute Gasteiger partial charge is 0.338 e. The van der Waals surface area contributed by atoms with Crippen molar-refractivity contribution in [3.8, 4) is 0 Å². The molecule has 1 amide bonds. The Morgan fingerprint density at radius 1 is 0.731 bits per heavy atom. The Hall–Kier alpha value is -3.40. The highest BCUT2D eigenvalue weighted by Crippen LogP contribution is 2.30. The monoisotopic (exact) mass is 345 g/mol. The van der Waals surface area contributed by atoms with Crippen molar-refractivity contribution in [2.45, 2.75) is 12.0 Å². The van der Waals surface area contributed by atoms with E-state index < -0.39 is 11.5 Å². The van der Waals surface area contributed by atoms with Gasteiger partial charge in [-0.15, -0.1) is 0 Å². The third-order valence-electron chi connectivity index (χ3n) is 4.27. The van der Waals surface area contributed by atoms with Gasteiger partial charge in [-0.3, -0.25) is 4.79 Å². The van der Waals surface area contributed by atoms with Crippen molar-refractivity contribution in [3.63, 3.8) is 0 Å². The molecule has 0 spiro atoms. The Labute approximate surface area is 152 Å². The predicted molar refractivity (Wildman–Crippen MR) is 99.6 cm³/mol. The van der Waals surface area contributed by atoms with Crippen LogP contribution in [0, 0.1) is 0 Å². The van der Waals surface area contributed by atoms with Crippen LogP contribution >= 0.6 is 0 Å². The number of carboxylic acids is 1. The molecule has 0 aliphatic heterocycles. The summed E-state index contributed by atoms with van der Waals surface area (Å²) in [5.41, 5.74) is 0.180. The number of hydrogen-bond acceptors (Lipinski definition) is 2. The van der Waals surface area contributed by atoms with E-state index in [-0.39, 0.29) is 12.3 Å². The lowest BCUT2D eigenvalue weighted by molar-refractivity contribution is -0.146. The van der Waals surface area contributed by atoms with Crippen LogP contribution in [-0.4, -0.2) is 17.0 Å². The van der Waals surface area contributed by atoms with Gasteiger partial charge in [0, 0.05) is 0 Å². The lowest BCUT2D eigenvalue weighted by atomic mass is 9.82. The van der Waals surface area contributed by atoms with E-state index >= 15 is 0 Å². The second kappa shape index (κ2) is 7.66. The van der Waals surface area contributed by atoms with E-state index in [4.69, 9.17) is 0 Å². The summed E-state index contributed by atoms with van der Waals surface area (Å²) in [5.74, 6) is -1.48. The van der Waals surface area contributed by atoms with Gasteiger partial charge >= 0.3 is 5.97 Å². The molecular weight excluding hydrogens is 326 g/mol. The zero-order valence-corrected chi connectivity index (χ0v) is 14.1. The minimum atomic E-state index is -1.64. The summed E-state index contributed by atoms with van der Waals surface area (Å²) in [6.07, 6.45) is 0.107. The number of carbonyl (C=O) groups excluding carboxylic acids is 1. The highest BCUT2D eigenvalue weighted by atomic mass is 16.4. The minimum absolute atomic E-state index is 0.107. The number of carboxylic acid groups (broad SMARTS) is 1. The molecule has 0 bridgehead atoms. The van der Waals surface area contributed by atoms with Crippen LogP contribution in [0.1, 0.15) is 16.7 Å². The fraction of sp³-hybridized carbons (Fsp3) is 0.0909. The molecule has 0 unspecified atom stereocenters. The van der Waals surface area contributed by atoms with Gasteiger partial charge in [0.15, 0.2) is 5.54 Å². The quantitative estimate of drug-likeness (QED) is 0.720. The summed E-state index contributed by atoms with van der Waals surface area (Å²) in [5, 5.41) is 12.9. The Kier molecular flexibility index (Phi) is 5.13. The summed E-state index contributed by atoms with van der Waals surface area (Å²) in [7, 11) is 0. The van der Waals surface area contributed by atoms with Crippen molar-refractivity contribution in [1.29, 1.82) is 0 Å². The van der Waals surface area contributed by atoms with Crippen LogP contribution in [0.3, 0.4) is 0 Å². The van der Waals surface area contributed by atoms with E-state index in [9.17, 15) is 14.7 Å². The molecular formula is C22H19NO3. The van der Waals surface area contributed by atoms with Gasteiger partial charge in [0.1, 0.15) is 0 Å². The van der Waals surface area contributed by atoms with Gasteiger partial charge in [-0.25, -0.2) is 4.79 Å². The molecule has 3 rings (SSSR count). The first-order valence-corrected chi connectivity index (χ1v) is 8.32. The molecule has 0 aliphatic carbocycles. The number of amides is 1.